The van der Waals surface area contributed by atoms with Crippen molar-refractivity contribution in [3.8, 4) is 0 Å². The first kappa shape index (κ1) is 15.7. The molecule has 0 unspecified atom stereocenters. The van der Waals surface area contributed by atoms with Gasteiger partial charge in [0, 0.05) is 17.5 Å². The molecule has 0 spiro atoms. The van der Waals surface area contributed by atoms with Crippen LogP contribution in [0.4, 0.5) is 0 Å². The molecule has 3 nitrogen and oxygen atoms in total. The smallest absolute Gasteiger partial charge is 0.251 e. The largest absolute Gasteiger partial charge is 0.396 e. The number of aliphatic hydroxyl groups excluding tert-OH is 1. The summed E-state index contributed by atoms with van der Waals surface area (Å²) in [6.07, 6.45) is 1.71. The lowest BCUT2D eigenvalue weighted by molar-refractivity contribution is 0.0851. The van der Waals surface area contributed by atoms with Crippen LogP contribution in [0.1, 0.15) is 48.2 Å². The molecule has 0 atom stereocenters. The van der Waals surface area contributed by atoms with Gasteiger partial charge in [0.25, 0.3) is 5.91 Å². The van der Waals surface area contributed by atoms with Gasteiger partial charge in [0.05, 0.1) is 6.61 Å². The van der Waals surface area contributed by atoms with Crippen molar-refractivity contribution in [1.29, 1.82) is 0 Å². The van der Waals surface area contributed by atoms with E-state index in [2.05, 4.69) is 5.32 Å². The molecule has 106 valence electrons. The van der Waals surface area contributed by atoms with Gasteiger partial charge in [0.2, 0.25) is 0 Å². The molecule has 0 fully saturated rings. The molecule has 2 N–H and O–H groups in total. The fourth-order valence-corrected chi connectivity index (χ4v) is 2.26. The van der Waals surface area contributed by atoms with Crippen LogP contribution in [0.25, 0.3) is 0 Å². The van der Waals surface area contributed by atoms with Crippen LogP contribution in [0.5, 0.6) is 0 Å². The number of hydrogen-bond donors (Lipinski definition) is 2. The molecule has 0 radical (unpaired) electrons. The highest BCUT2D eigenvalue weighted by Gasteiger charge is 2.25. The van der Waals surface area contributed by atoms with Crippen LogP contribution < -0.4 is 5.32 Å². The minimum Gasteiger partial charge on any atom is -0.396 e. The highest BCUT2D eigenvalue weighted by molar-refractivity contribution is 5.94. The van der Waals surface area contributed by atoms with Gasteiger partial charge < -0.3 is 10.4 Å². The van der Waals surface area contributed by atoms with Crippen molar-refractivity contribution < 1.29 is 9.90 Å². The summed E-state index contributed by atoms with van der Waals surface area (Å²) >= 11 is 0. The second kappa shape index (κ2) is 6.71. The molecule has 0 saturated carbocycles. The van der Waals surface area contributed by atoms with Crippen molar-refractivity contribution in [2.24, 2.45) is 5.41 Å². The summed E-state index contributed by atoms with van der Waals surface area (Å²) in [5, 5.41) is 12.4. The molecule has 0 aliphatic carbocycles. The molecule has 3 heteroatoms. The van der Waals surface area contributed by atoms with E-state index in [1.54, 1.807) is 0 Å². The lowest BCUT2D eigenvalue weighted by Gasteiger charge is -2.29. The zero-order valence-corrected chi connectivity index (χ0v) is 12.4. The molecule has 0 aromatic heterocycles. The summed E-state index contributed by atoms with van der Waals surface area (Å²) in [6.45, 7) is 8.68. The third-order valence-corrected chi connectivity index (χ3v) is 3.94. The fraction of sp³-hybridized carbons (Fsp3) is 0.562. The second-order valence-electron chi connectivity index (χ2n) is 5.42. The van der Waals surface area contributed by atoms with E-state index in [1.807, 2.05) is 45.9 Å². The summed E-state index contributed by atoms with van der Waals surface area (Å²) in [6, 6.07) is 5.83. The molecule has 0 saturated heterocycles. The average molecular weight is 263 g/mol. The lowest BCUT2D eigenvalue weighted by Crippen LogP contribution is -2.39. The summed E-state index contributed by atoms with van der Waals surface area (Å²) in [4.78, 5) is 12.2. The van der Waals surface area contributed by atoms with Gasteiger partial charge in [-0.2, -0.15) is 0 Å². The third-order valence-electron chi connectivity index (χ3n) is 3.94. The molecule has 1 aromatic carbocycles. The summed E-state index contributed by atoms with van der Waals surface area (Å²) < 4.78 is 0. The summed E-state index contributed by atoms with van der Waals surface area (Å²) in [5.41, 5.74) is 2.67. The van der Waals surface area contributed by atoms with E-state index in [0.717, 1.165) is 24.0 Å². The quantitative estimate of drug-likeness (QED) is 0.829. The van der Waals surface area contributed by atoms with Gasteiger partial charge in [0.15, 0.2) is 0 Å². The number of carbonyl (C=O) groups excluding carboxylic acids is 1. The average Bonchev–Trinajstić information content (AvgIpc) is 2.39. The second-order valence-corrected chi connectivity index (χ2v) is 5.42. The van der Waals surface area contributed by atoms with Crippen LogP contribution in [-0.4, -0.2) is 24.2 Å². The van der Waals surface area contributed by atoms with E-state index in [4.69, 9.17) is 0 Å². The standard InChI is InChI=1S/C16H25NO2/c1-5-16(6-2,11-18)10-17-15(19)14-8-12(3)7-13(4)9-14/h7-9,18H,5-6,10-11H2,1-4H3,(H,17,19). The van der Waals surface area contributed by atoms with Crippen LogP contribution >= 0.6 is 0 Å². The summed E-state index contributed by atoms with van der Waals surface area (Å²) in [5.74, 6) is -0.0634. The molecule has 0 aliphatic heterocycles. The Balaban J connectivity index is 2.74. The molecular weight excluding hydrogens is 238 g/mol. The first-order valence-electron chi connectivity index (χ1n) is 6.93. The van der Waals surface area contributed by atoms with E-state index in [0.29, 0.717) is 12.1 Å². The molecule has 1 aromatic rings. The highest BCUT2D eigenvalue weighted by atomic mass is 16.3. The number of nitrogens with one attached hydrogen (secondary N) is 1. The van der Waals surface area contributed by atoms with E-state index in [9.17, 15) is 9.90 Å². The van der Waals surface area contributed by atoms with Crippen molar-refractivity contribution in [3.05, 3.63) is 34.9 Å². The van der Waals surface area contributed by atoms with Gasteiger partial charge in [-0.3, -0.25) is 4.79 Å². The molecular formula is C16H25NO2. The topological polar surface area (TPSA) is 49.3 Å². The van der Waals surface area contributed by atoms with Crippen LogP contribution in [0.2, 0.25) is 0 Å². The Bertz CT molecular complexity index is 408. The fourth-order valence-electron chi connectivity index (χ4n) is 2.26. The van der Waals surface area contributed by atoms with Gasteiger partial charge in [-0.05, 0) is 38.8 Å². The minimum atomic E-state index is -0.200. The third kappa shape index (κ3) is 4.06. The first-order valence-corrected chi connectivity index (χ1v) is 6.93. The summed E-state index contributed by atoms with van der Waals surface area (Å²) in [7, 11) is 0. The van der Waals surface area contributed by atoms with Crippen molar-refractivity contribution in [2.45, 2.75) is 40.5 Å². The van der Waals surface area contributed by atoms with Gasteiger partial charge in [-0.1, -0.05) is 31.0 Å². The van der Waals surface area contributed by atoms with Gasteiger partial charge in [-0.25, -0.2) is 0 Å². The van der Waals surface area contributed by atoms with E-state index < -0.39 is 0 Å². The lowest BCUT2D eigenvalue weighted by atomic mass is 9.83. The van der Waals surface area contributed by atoms with Crippen LogP contribution in [0.15, 0.2) is 18.2 Å². The number of hydrogen-bond acceptors (Lipinski definition) is 2. The van der Waals surface area contributed by atoms with Crippen molar-refractivity contribution in [2.75, 3.05) is 13.2 Å². The van der Waals surface area contributed by atoms with Crippen molar-refractivity contribution >= 4 is 5.91 Å². The molecule has 0 bridgehead atoms. The zero-order chi connectivity index (χ0) is 14.5. The normalized spacial score (nSPS) is 11.4. The van der Waals surface area contributed by atoms with Crippen LogP contribution in [0.3, 0.4) is 0 Å². The van der Waals surface area contributed by atoms with E-state index in [-0.39, 0.29) is 17.9 Å². The SMILES string of the molecule is CCC(CC)(CO)CNC(=O)c1cc(C)cc(C)c1. The number of aliphatic hydroxyl groups is 1. The highest BCUT2D eigenvalue weighted by Crippen LogP contribution is 2.24. The van der Waals surface area contributed by atoms with Gasteiger partial charge in [0.1, 0.15) is 0 Å². The Kier molecular flexibility index (Phi) is 5.55. The number of rotatable bonds is 6. The minimum absolute atomic E-state index is 0.0634. The maximum atomic E-state index is 12.2. The van der Waals surface area contributed by atoms with Gasteiger partial charge in [-0.15, -0.1) is 0 Å². The Morgan fingerprint density at radius 3 is 2.11 bits per heavy atom. The Morgan fingerprint density at radius 2 is 1.68 bits per heavy atom. The van der Waals surface area contributed by atoms with E-state index >= 15 is 0 Å². The molecule has 1 rings (SSSR count). The van der Waals surface area contributed by atoms with Crippen molar-refractivity contribution in [3.63, 3.8) is 0 Å². The maximum Gasteiger partial charge on any atom is 0.251 e. The predicted octanol–water partition coefficient (Wildman–Crippen LogP) is 2.83. The molecule has 1 amide bonds. The van der Waals surface area contributed by atoms with Crippen molar-refractivity contribution in [1.82, 2.24) is 5.32 Å². The number of amides is 1. The van der Waals surface area contributed by atoms with Crippen LogP contribution in [-0.2, 0) is 0 Å². The zero-order valence-electron chi connectivity index (χ0n) is 12.4. The monoisotopic (exact) mass is 263 g/mol. The number of carbonyl (C=O) groups is 1. The predicted molar refractivity (Wildman–Crippen MR) is 78.4 cm³/mol. The molecule has 0 aliphatic rings. The molecule has 19 heavy (non-hydrogen) atoms. The Hall–Kier alpha value is -1.35. The van der Waals surface area contributed by atoms with Gasteiger partial charge >= 0.3 is 0 Å². The molecule has 0 heterocycles. The number of aryl methyl sites for hydroxylation is 2. The maximum absolute atomic E-state index is 12.2. The van der Waals surface area contributed by atoms with Crippen LogP contribution in [0, 0.1) is 19.3 Å². The first-order chi connectivity index (χ1) is 8.96. The van der Waals surface area contributed by atoms with E-state index in [1.165, 1.54) is 0 Å². The number of benzene rings is 1. The Morgan fingerprint density at radius 1 is 1.16 bits per heavy atom. The Labute approximate surface area is 116 Å².